The van der Waals surface area contributed by atoms with Gasteiger partial charge in [0.15, 0.2) is 0 Å². The topological polar surface area (TPSA) is 56.8 Å². The van der Waals surface area contributed by atoms with E-state index in [0.717, 1.165) is 25.3 Å². The second kappa shape index (κ2) is 12.1. The SMILES string of the molecule is CCO[Si](CCCNC(=O)C(CC)CC)(OCC)OCC. The number of amides is 1. The van der Waals surface area contributed by atoms with Crippen molar-refractivity contribution in [3.8, 4) is 0 Å². The van der Waals surface area contributed by atoms with Crippen LogP contribution in [0.3, 0.4) is 0 Å². The molecular formula is C15H33NO4Si. The molecule has 21 heavy (non-hydrogen) atoms. The minimum Gasteiger partial charge on any atom is -0.374 e. The predicted octanol–water partition coefficient (Wildman–Crippen LogP) is 2.98. The van der Waals surface area contributed by atoms with Gasteiger partial charge in [0.05, 0.1) is 0 Å². The Kier molecular flexibility index (Phi) is 11.9. The Morgan fingerprint density at radius 1 is 0.952 bits per heavy atom. The molecule has 0 aliphatic carbocycles. The molecule has 0 saturated carbocycles. The van der Waals surface area contributed by atoms with Crippen molar-refractivity contribution in [3.05, 3.63) is 0 Å². The summed E-state index contributed by atoms with van der Waals surface area (Å²) in [6.07, 6.45) is 2.59. The van der Waals surface area contributed by atoms with Gasteiger partial charge in [-0.1, -0.05) is 13.8 Å². The molecule has 0 bridgehead atoms. The number of carbonyl (C=O) groups excluding carboxylic acids is 1. The normalized spacial score (nSPS) is 11.9. The molecule has 0 aromatic rings. The Labute approximate surface area is 131 Å². The van der Waals surface area contributed by atoms with Gasteiger partial charge in [0.25, 0.3) is 0 Å². The maximum atomic E-state index is 11.9. The molecule has 0 aliphatic rings. The van der Waals surface area contributed by atoms with Crippen LogP contribution in [0.2, 0.25) is 6.04 Å². The molecule has 126 valence electrons. The van der Waals surface area contributed by atoms with Crippen molar-refractivity contribution in [2.45, 2.75) is 59.9 Å². The molecule has 0 atom stereocenters. The summed E-state index contributed by atoms with van der Waals surface area (Å²) in [5.74, 6) is 0.272. The highest BCUT2D eigenvalue weighted by atomic mass is 28.4. The first-order valence-corrected chi connectivity index (χ1v) is 10.2. The van der Waals surface area contributed by atoms with Crippen LogP contribution in [0.5, 0.6) is 0 Å². The van der Waals surface area contributed by atoms with Gasteiger partial charge in [0.1, 0.15) is 0 Å². The number of hydrogen-bond donors (Lipinski definition) is 1. The Hall–Kier alpha value is -0.433. The molecule has 1 amide bonds. The van der Waals surface area contributed by atoms with Crippen molar-refractivity contribution in [3.63, 3.8) is 0 Å². The van der Waals surface area contributed by atoms with Crippen molar-refractivity contribution in [1.29, 1.82) is 0 Å². The minimum absolute atomic E-state index is 0.123. The predicted molar refractivity (Wildman–Crippen MR) is 87.1 cm³/mol. The van der Waals surface area contributed by atoms with Crippen LogP contribution in [0.1, 0.15) is 53.9 Å². The van der Waals surface area contributed by atoms with Gasteiger partial charge in [0.2, 0.25) is 5.91 Å². The third kappa shape index (κ3) is 7.95. The van der Waals surface area contributed by atoms with E-state index in [9.17, 15) is 4.79 Å². The zero-order valence-electron chi connectivity index (χ0n) is 14.4. The summed E-state index contributed by atoms with van der Waals surface area (Å²) in [6.45, 7) is 12.4. The lowest BCUT2D eigenvalue weighted by atomic mass is 10.0. The molecule has 0 aromatic heterocycles. The van der Waals surface area contributed by atoms with Crippen LogP contribution < -0.4 is 5.32 Å². The third-order valence-electron chi connectivity index (χ3n) is 3.41. The molecule has 0 fully saturated rings. The Bertz CT molecular complexity index is 255. The number of carbonyl (C=O) groups is 1. The first-order chi connectivity index (χ1) is 10.1. The molecule has 0 radical (unpaired) electrons. The zero-order valence-corrected chi connectivity index (χ0v) is 15.4. The van der Waals surface area contributed by atoms with E-state index in [1.54, 1.807) is 0 Å². The summed E-state index contributed by atoms with van der Waals surface area (Å²) in [7, 11) is -2.56. The molecular weight excluding hydrogens is 286 g/mol. The highest BCUT2D eigenvalue weighted by Gasteiger charge is 2.39. The average Bonchev–Trinajstić information content (AvgIpc) is 2.46. The minimum atomic E-state index is -2.56. The van der Waals surface area contributed by atoms with Crippen molar-refractivity contribution >= 4 is 14.7 Å². The lowest BCUT2D eigenvalue weighted by Gasteiger charge is -2.28. The fourth-order valence-electron chi connectivity index (χ4n) is 2.32. The first kappa shape index (κ1) is 20.6. The fraction of sp³-hybridized carbons (Fsp3) is 0.933. The van der Waals surface area contributed by atoms with Gasteiger partial charge < -0.3 is 18.6 Å². The summed E-state index contributed by atoms with van der Waals surface area (Å²) in [5, 5.41) is 3.00. The lowest BCUT2D eigenvalue weighted by Crippen LogP contribution is -2.46. The van der Waals surface area contributed by atoms with Crippen molar-refractivity contribution in [2.24, 2.45) is 5.92 Å². The zero-order chi connectivity index (χ0) is 16.1. The second-order valence-corrected chi connectivity index (χ2v) is 7.62. The highest BCUT2D eigenvalue weighted by molar-refractivity contribution is 6.60. The maximum absolute atomic E-state index is 11.9. The van der Waals surface area contributed by atoms with Gasteiger partial charge in [-0.25, -0.2) is 0 Å². The van der Waals surface area contributed by atoms with E-state index in [2.05, 4.69) is 5.32 Å². The summed E-state index contributed by atoms with van der Waals surface area (Å²) >= 11 is 0. The molecule has 0 heterocycles. The van der Waals surface area contributed by atoms with E-state index in [1.807, 2.05) is 34.6 Å². The quantitative estimate of drug-likeness (QED) is 0.419. The van der Waals surface area contributed by atoms with Crippen LogP contribution >= 0.6 is 0 Å². The molecule has 1 N–H and O–H groups in total. The molecule has 0 aromatic carbocycles. The Morgan fingerprint density at radius 3 is 1.81 bits per heavy atom. The van der Waals surface area contributed by atoms with Crippen LogP contribution in [-0.2, 0) is 18.1 Å². The molecule has 0 unspecified atom stereocenters. The average molecular weight is 320 g/mol. The van der Waals surface area contributed by atoms with Crippen molar-refractivity contribution in [1.82, 2.24) is 5.32 Å². The van der Waals surface area contributed by atoms with E-state index < -0.39 is 8.80 Å². The Morgan fingerprint density at radius 2 is 1.43 bits per heavy atom. The van der Waals surface area contributed by atoms with Crippen molar-refractivity contribution < 1.29 is 18.1 Å². The first-order valence-electron chi connectivity index (χ1n) is 8.28. The van der Waals surface area contributed by atoms with Crippen LogP contribution in [0.4, 0.5) is 0 Å². The van der Waals surface area contributed by atoms with Gasteiger partial charge in [0, 0.05) is 38.3 Å². The van der Waals surface area contributed by atoms with Gasteiger partial charge in [-0.15, -0.1) is 0 Å². The van der Waals surface area contributed by atoms with E-state index in [0.29, 0.717) is 26.4 Å². The molecule has 5 nitrogen and oxygen atoms in total. The Balaban J connectivity index is 4.26. The van der Waals surface area contributed by atoms with Crippen LogP contribution in [0, 0.1) is 5.92 Å². The number of rotatable bonds is 13. The molecule has 0 rings (SSSR count). The summed E-state index contributed by atoms with van der Waals surface area (Å²) in [5.41, 5.74) is 0. The van der Waals surface area contributed by atoms with Crippen LogP contribution in [0.25, 0.3) is 0 Å². The number of hydrogen-bond acceptors (Lipinski definition) is 4. The standard InChI is InChI=1S/C15H33NO4Si/c1-6-14(7-2)15(17)16-12-11-13-21(18-8-3,19-9-4)20-10-5/h14H,6-13H2,1-5H3,(H,16,17). The van der Waals surface area contributed by atoms with E-state index in [4.69, 9.17) is 13.3 Å². The van der Waals surface area contributed by atoms with Crippen LogP contribution in [0.15, 0.2) is 0 Å². The van der Waals surface area contributed by atoms with E-state index in [1.165, 1.54) is 0 Å². The van der Waals surface area contributed by atoms with Gasteiger partial charge in [-0.05, 0) is 40.0 Å². The molecule has 0 saturated heterocycles. The molecule has 0 spiro atoms. The van der Waals surface area contributed by atoms with E-state index >= 15 is 0 Å². The maximum Gasteiger partial charge on any atom is 0.500 e. The van der Waals surface area contributed by atoms with Gasteiger partial charge in [-0.3, -0.25) is 4.79 Å². The number of nitrogens with one attached hydrogen (secondary N) is 1. The largest absolute Gasteiger partial charge is 0.500 e. The summed E-state index contributed by atoms with van der Waals surface area (Å²) in [6, 6.07) is 0.742. The second-order valence-electron chi connectivity index (χ2n) is 4.89. The van der Waals surface area contributed by atoms with Gasteiger partial charge in [-0.2, -0.15) is 0 Å². The smallest absolute Gasteiger partial charge is 0.374 e. The van der Waals surface area contributed by atoms with E-state index in [-0.39, 0.29) is 11.8 Å². The van der Waals surface area contributed by atoms with Crippen molar-refractivity contribution in [2.75, 3.05) is 26.4 Å². The third-order valence-corrected chi connectivity index (χ3v) is 6.56. The molecule has 0 aliphatic heterocycles. The van der Waals surface area contributed by atoms with Gasteiger partial charge >= 0.3 is 8.80 Å². The summed E-state index contributed by atoms with van der Waals surface area (Å²) < 4.78 is 17.4. The molecule has 6 heteroatoms. The lowest BCUT2D eigenvalue weighted by molar-refractivity contribution is -0.125. The summed E-state index contributed by atoms with van der Waals surface area (Å²) in [4.78, 5) is 11.9. The van der Waals surface area contributed by atoms with Crippen LogP contribution in [-0.4, -0.2) is 41.1 Å². The monoisotopic (exact) mass is 319 g/mol. The highest BCUT2D eigenvalue weighted by Crippen LogP contribution is 2.18. The fourth-order valence-corrected chi connectivity index (χ4v) is 4.93.